The maximum absolute atomic E-state index is 13.0. The van der Waals surface area contributed by atoms with Crippen LogP contribution < -0.4 is 5.56 Å². The first kappa shape index (κ1) is 17.7. The molecule has 8 heteroatoms. The summed E-state index contributed by atoms with van der Waals surface area (Å²) >= 11 is 0. The fourth-order valence-corrected chi connectivity index (χ4v) is 3.79. The smallest absolute Gasteiger partial charge is 0.343 e. The molecule has 1 unspecified atom stereocenters. The van der Waals surface area contributed by atoms with E-state index in [4.69, 9.17) is 4.74 Å². The number of aryl methyl sites for hydroxylation is 1. The molecule has 25 heavy (non-hydrogen) atoms. The summed E-state index contributed by atoms with van der Waals surface area (Å²) in [5.74, 6) is -0.635. The molecule has 2 aromatic rings. The fourth-order valence-electron chi connectivity index (χ4n) is 3.31. The number of ether oxygens (including phenoxy) is 1. The monoisotopic (exact) mass is 363 g/mol. The van der Waals surface area contributed by atoms with Crippen LogP contribution in [0.15, 0.2) is 16.0 Å². The van der Waals surface area contributed by atoms with E-state index in [1.165, 1.54) is 12.3 Å². The number of rotatable bonds is 4. The quantitative estimate of drug-likeness (QED) is 0.610. The number of pyridine rings is 1. The number of carbonyl (C=O) groups is 1. The van der Waals surface area contributed by atoms with Crippen LogP contribution in [0.3, 0.4) is 0 Å². The molecular formula is C17H21N3O4S. The molecule has 7 nitrogen and oxygen atoms in total. The maximum Gasteiger partial charge on any atom is 0.343 e. The van der Waals surface area contributed by atoms with Gasteiger partial charge in [0.05, 0.1) is 23.1 Å². The Bertz CT molecular complexity index is 916. The Hall–Kier alpha value is -2.09. The van der Waals surface area contributed by atoms with Gasteiger partial charge in [0.15, 0.2) is 0 Å². The molecule has 134 valence electrons. The van der Waals surface area contributed by atoms with Crippen molar-refractivity contribution in [2.45, 2.75) is 50.7 Å². The van der Waals surface area contributed by atoms with Crippen molar-refractivity contribution < 1.29 is 13.7 Å². The molecule has 1 atom stereocenters. The van der Waals surface area contributed by atoms with Crippen LogP contribution in [-0.2, 0) is 15.5 Å². The van der Waals surface area contributed by atoms with Gasteiger partial charge in [-0.15, -0.1) is 0 Å². The minimum atomic E-state index is -1.36. The van der Waals surface area contributed by atoms with E-state index in [0.717, 1.165) is 25.7 Å². The molecular weight excluding hydrogens is 342 g/mol. The Morgan fingerprint density at radius 1 is 1.36 bits per heavy atom. The minimum Gasteiger partial charge on any atom is -0.462 e. The van der Waals surface area contributed by atoms with Gasteiger partial charge in [0.1, 0.15) is 11.2 Å². The Kier molecular flexibility index (Phi) is 4.99. The zero-order valence-electron chi connectivity index (χ0n) is 14.6. The van der Waals surface area contributed by atoms with E-state index in [0.29, 0.717) is 16.7 Å². The summed E-state index contributed by atoms with van der Waals surface area (Å²) in [6.45, 7) is 3.66. The lowest BCUT2D eigenvalue weighted by Crippen LogP contribution is -2.30. The minimum absolute atomic E-state index is 0.00155. The average molecular weight is 363 g/mol. The van der Waals surface area contributed by atoms with Gasteiger partial charge in [-0.2, -0.15) is 0 Å². The Morgan fingerprint density at radius 2 is 2.04 bits per heavy atom. The normalized spacial score (nSPS) is 16.3. The van der Waals surface area contributed by atoms with Crippen LogP contribution in [0.5, 0.6) is 0 Å². The second-order valence-corrected chi connectivity index (χ2v) is 7.45. The first-order valence-corrected chi connectivity index (χ1v) is 9.94. The van der Waals surface area contributed by atoms with Gasteiger partial charge in [-0.05, 0) is 32.8 Å². The van der Waals surface area contributed by atoms with Crippen molar-refractivity contribution in [1.29, 1.82) is 0 Å². The van der Waals surface area contributed by atoms with E-state index in [1.54, 1.807) is 18.4 Å². The van der Waals surface area contributed by atoms with Gasteiger partial charge in [0, 0.05) is 17.7 Å². The third-order valence-corrected chi connectivity index (χ3v) is 5.20. The lowest BCUT2D eigenvalue weighted by molar-refractivity contribution is 0.0523. The zero-order valence-corrected chi connectivity index (χ0v) is 15.4. The first-order valence-electron chi connectivity index (χ1n) is 8.38. The van der Waals surface area contributed by atoms with Crippen LogP contribution in [0, 0.1) is 6.92 Å². The van der Waals surface area contributed by atoms with Gasteiger partial charge in [-0.25, -0.2) is 14.8 Å². The predicted octanol–water partition coefficient (Wildman–Crippen LogP) is 2.13. The molecule has 1 aliphatic rings. The summed E-state index contributed by atoms with van der Waals surface area (Å²) in [7, 11) is -1.36. The summed E-state index contributed by atoms with van der Waals surface area (Å²) in [6.07, 6.45) is 5.27. The summed E-state index contributed by atoms with van der Waals surface area (Å²) in [5.41, 5.74) is 0.636. The lowest BCUT2D eigenvalue weighted by Gasteiger charge is -2.18. The Balaban J connectivity index is 2.35. The van der Waals surface area contributed by atoms with Crippen LogP contribution in [0.2, 0.25) is 0 Å². The number of esters is 1. The van der Waals surface area contributed by atoms with Crippen molar-refractivity contribution in [3.63, 3.8) is 0 Å². The van der Waals surface area contributed by atoms with Crippen molar-refractivity contribution >= 4 is 27.8 Å². The van der Waals surface area contributed by atoms with E-state index in [-0.39, 0.29) is 23.4 Å². The maximum atomic E-state index is 13.0. The number of hydrogen-bond acceptors (Lipinski definition) is 6. The van der Waals surface area contributed by atoms with Crippen LogP contribution in [0.1, 0.15) is 54.7 Å². The third-order valence-electron chi connectivity index (χ3n) is 4.50. The van der Waals surface area contributed by atoms with Crippen molar-refractivity contribution in [3.05, 3.63) is 27.7 Å². The summed E-state index contributed by atoms with van der Waals surface area (Å²) in [5, 5.41) is 0.809. The van der Waals surface area contributed by atoms with Crippen LogP contribution in [0.25, 0.3) is 11.0 Å². The molecule has 0 bridgehead atoms. The van der Waals surface area contributed by atoms with E-state index >= 15 is 0 Å². The molecule has 0 aromatic carbocycles. The molecule has 0 radical (unpaired) electrons. The highest BCUT2D eigenvalue weighted by Crippen LogP contribution is 2.31. The fraction of sp³-hybridized carbons (Fsp3) is 0.529. The number of hydrogen-bond donors (Lipinski definition) is 0. The third kappa shape index (κ3) is 3.22. The molecule has 1 saturated carbocycles. The van der Waals surface area contributed by atoms with E-state index in [2.05, 4.69) is 9.97 Å². The molecule has 2 heterocycles. The van der Waals surface area contributed by atoms with Crippen molar-refractivity contribution in [2.75, 3.05) is 12.9 Å². The molecule has 1 fully saturated rings. The number of nitrogens with zero attached hydrogens (tertiary/aromatic N) is 3. The van der Waals surface area contributed by atoms with E-state index in [1.807, 2.05) is 0 Å². The zero-order chi connectivity index (χ0) is 18.1. The van der Waals surface area contributed by atoms with Gasteiger partial charge < -0.3 is 4.74 Å². The Morgan fingerprint density at radius 3 is 2.64 bits per heavy atom. The number of fused-ring (bicyclic) bond motifs is 1. The van der Waals surface area contributed by atoms with Gasteiger partial charge in [0.2, 0.25) is 5.16 Å². The topological polar surface area (TPSA) is 91.2 Å². The van der Waals surface area contributed by atoms with E-state index < -0.39 is 22.3 Å². The van der Waals surface area contributed by atoms with Crippen LogP contribution >= 0.6 is 0 Å². The standard InChI is InChI=1S/C17H21N3O4S/c1-4-24-16(22)13-9-12-10(2)18-17(25(3)23)19-14(12)20(15(13)21)11-7-5-6-8-11/h9,11H,4-8H2,1-3H3. The van der Waals surface area contributed by atoms with Crippen molar-refractivity contribution in [1.82, 2.24) is 14.5 Å². The summed E-state index contributed by atoms with van der Waals surface area (Å²) in [4.78, 5) is 33.9. The predicted molar refractivity (Wildman–Crippen MR) is 94.3 cm³/mol. The Labute approximate surface area is 147 Å². The van der Waals surface area contributed by atoms with Gasteiger partial charge in [0.25, 0.3) is 5.56 Å². The number of carbonyl (C=O) groups excluding carboxylic acids is 1. The van der Waals surface area contributed by atoms with Gasteiger partial charge in [-0.3, -0.25) is 13.6 Å². The molecule has 2 aromatic heterocycles. The average Bonchev–Trinajstić information content (AvgIpc) is 3.08. The van der Waals surface area contributed by atoms with Crippen LogP contribution in [-0.4, -0.2) is 37.6 Å². The largest absolute Gasteiger partial charge is 0.462 e. The lowest BCUT2D eigenvalue weighted by atomic mass is 10.1. The molecule has 3 rings (SSSR count). The van der Waals surface area contributed by atoms with Gasteiger partial charge >= 0.3 is 5.97 Å². The van der Waals surface area contributed by atoms with Crippen molar-refractivity contribution in [3.8, 4) is 0 Å². The highest BCUT2D eigenvalue weighted by atomic mass is 32.2. The molecule has 0 aliphatic heterocycles. The molecule has 0 N–H and O–H groups in total. The van der Waals surface area contributed by atoms with Crippen LogP contribution in [0.4, 0.5) is 0 Å². The molecule has 0 spiro atoms. The summed E-state index contributed by atoms with van der Waals surface area (Å²) < 4.78 is 18.5. The molecule has 0 saturated heterocycles. The van der Waals surface area contributed by atoms with Crippen molar-refractivity contribution in [2.24, 2.45) is 0 Å². The van der Waals surface area contributed by atoms with Gasteiger partial charge in [-0.1, -0.05) is 12.8 Å². The first-order chi connectivity index (χ1) is 11.9. The highest BCUT2D eigenvalue weighted by molar-refractivity contribution is 7.84. The number of aromatic nitrogens is 3. The SMILES string of the molecule is CCOC(=O)c1cc2c(C)nc(S(C)=O)nc2n(C2CCCC2)c1=O. The summed E-state index contributed by atoms with van der Waals surface area (Å²) in [6, 6.07) is 1.48. The second kappa shape index (κ2) is 7.03. The molecule has 0 amide bonds. The second-order valence-electron chi connectivity index (χ2n) is 6.17. The van der Waals surface area contributed by atoms with E-state index in [9.17, 15) is 13.8 Å². The highest BCUT2D eigenvalue weighted by Gasteiger charge is 2.26. The molecule has 1 aliphatic carbocycles.